The number of thiophene rings is 1. The van der Waals surface area contributed by atoms with E-state index < -0.39 is 11.9 Å². The molecule has 1 aromatic carbocycles. The van der Waals surface area contributed by atoms with Gasteiger partial charge in [0.25, 0.3) is 0 Å². The molecule has 0 saturated heterocycles. The molecule has 0 aliphatic carbocycles. The van der Waals surface area contributed by atoms with E-state index in [0.29, 0.717) is 11.3 Å². The molecule has 3 N–H and O–H groups in total. The van der Waals surface area contributed by atoms with Gasteiger partial charge in [-0.2, -0.15) is 5.26 Å². The molecular formula is C20H23N3O4S. The molecule has 0 saturated carbocycles. The average molecular weight is 401 g/mol. The van der Waals surface area contributed by atoms with Crippen molar-refractivity contribution in [3.8, 4) is 6.07 Å². The number of carbonyl (C=O) groups excluding carboxylic acids is 2. The molecule has 0 bridgehead atoms. The first kappa shape index (κ1) is 21.3. The van der Waals surface area contributed by atoms with Gasteiger partial charge in [0, 0.05) is 17.8 Å². The van der Waals surface area contributed by atoms with Gasteiger partial charge < -0.3 is 20.5 Å². The summed E-state index contributed by atoms with van der Waals surface area (Å²) in [4.78, 5) is 24.9. The molecule has 2 rings (SSSR count). The first-order valence-corrected chi connectivity index (χ1v) is 9.83. The molecule has 8 heteroatoms. The number of nitrogen functional groups attached to an aromatic ring is 1. The van der Waals surface area contributed by atoms with Crippen molar-refractivity contribution in [2.45, 2.75) is 33.3 Å². The number of anilines is 2. The van der Waals surface area contributed by atoms with E-state index in [-0.39, 0.29) is 34.2 Å². The van der Waals surface area contributed by atoms with Gasteiger partial charge in [0.1, 0.15) is 22.6 Å². The molecule has 1 heterocycles. The van der Waals surface area contributed by atoms with Gasteiger partial charge in [0.15, 0.2) is 0 Å². The van der Waals surface area contributed by atoms with Crippen LogP contribution in [-0.4, -0.2) is 25.1 Å². The van der Waals surface area contributed by atoms with Crippen LogP contribution in [0.25, 0.3) is 0 Å². The second-order valence-electron chi connectivity index (χ2n) is 5.88. The average Bonchev–Trinajstić information content (AvgIpc) is 3.02. The maximum Gasteiger partial charge on any atom is 0.348 e. The largest absolute Gasteiger partial charge is 0.462 e. The third kappa shape index (κ3) is 5.02. The standard InChI is InChI=1S/C20H23N3O4S/c1-3-5-10-23-16-9-7-6-8-13(16)19(24)27-12-15-14(11-21)18(22)28-17(15)20(25)26-4-2/h6-9,23H,3-5,10,12,22H2,1-2H3. The van der Waals surface area contributed by atoms with Crippen LogP contribution in [0, 0.1) is 11.3 Å². The predicted molar refractivity (Wildman–Crippen MR) is 108 cm³/mol. The molecule has 0 amide bonds. The number of ether oxygens (including phenoxy) is 2. The van der Waals surface area contributed by atoms with Gasteiger partial charge in [-0.1, -0.05) is 25.5 Å². The fourth-order valence-corrected chi connectivity index (χ4v) is 3.45. The second kappa shape index (κ2) is 10.3. The molecule has 2 aromatic rings. The molecule has 28 heavy (non-hydrogen) atoms. The van der Waals surface area contributed by atoms with Crippen molar-refractivity contribution in [1.82, 2.24) is 0 Å². The number of nitriles is 1. The van der Waals surface area contributed by atoms with Crippen LogP contribution < -0.4 is 11.1 Å². The van der Waals surface area contributed by atoms with Crippen molar-refractivity contribution >= 4 is 34.0 Å². The van der Waals surface area contributed by atoms with E-state index in [1.807, 2.05) is 12.1 Å². The fourth-order valence-electron chi connectivity index (χ4n) is 2.54. The Morgan fingerprint density at radius 2 is 1.96 bits per heavy atom. The lowest BCUT2D eigenvalue weighted by atomic mass is 10.1. The lowest BCUT2D eigenvalue weighted by molar-refractivity contribution is 0.0453. The van der Waals surface area contributed by atoms with E-state index in [1.165, 1.54) is 0 Å². The highest BCUT2D eigenvalue weighted by Gasteiger charge is 2.24. The van der Waals surface area contributed by atoms with Crippen molar-refractivity contribution in [2.75, 3.05) is 24.2 Å². The summed E-state index contributed by atoms with van der Waals surface area (Å²) in [6, 6.07) is 9.01. The van der Waals surface area contributed by atoms with Gasteiger partial charge in [-0.25, -0.2) is 9.59 Å². The summed E-state index contributed by atoms with van der Waals surface area (Å²) in [5.41, 5.74) is 7.30. The van der Waals surface area contributed by atoms with E-state index >= 15 is 0 Å². The van der Waals surface area contributed by atoms with Crippen molar-refractivity contribution < 1.29 is 19.1 Å². The Kier molecular flexibility index (Phi) is 7.84. The Labute approximate surface area is 168 Å². The van der Waals surface area contributed by atoms with Crippen LogP contribution in [-0.2, 0) is 16.1 Å². The van der Waals surface area contributed by atoms with Gasteiger partial charge in [0.2, 0.25) is 0 Å². The molecule has 0 fully saturated rings. The van der Waals surface area contributed by atoms with E-state index in [9.17, 15) is 14.9 Å². The maximum absolute atomic E-state index is 12.6. The fraction of sp³-hybridized carbons (Fsp3) is 0.350. The SMILES string of the molecule is CCCCNc1ccccc1C(=O)OCc1c(C(=O)OCC)sc(N)c1C#N. The van der Waals surface area contributed by atoms with E-state index in [2.05, 4.69) is 12.2 Å². The van der Waals surface area contributed by atoms with E-state index in [0.717, 1.165) is 30.7 Å². The van der Waals surface area contributed by atoms with Crippen LogP contribution in [0.4, 0.5) is 10.7 Å². The number of hydrogen-bond acceptors (Lipinski definition) is 8. The van der Waals surface area contributed by atoms with Crippen molar-refractivity contribution in [3.63, 3.8) is 0 Å². The highest BCUT2D eigenvalue weighted by molar-refractivity contribution is 7.18. The molecule has 0 atom stereocenters. The first-order valence-electron chi connectivity index (χ1n) is 9.01. The van der Waals surface area contributed by atoms with E-state index in [4.69, 9.17) is 15.2 Å². The highest BCUT2D eigenvalue weighted by atomic mass is 32.1. The zero-order chi connectivity index (χ0) is 20.5. The minimum absolute atomic E-state index is 0.134. The number of benzene rings is 1. The number of rotatable bonds is 9. The molecule has 7 nitrogen and oxygen atoms in total. The van der Waals surface area contributed by atoms with Crippen molar-refractivity contribution in [2.24, 2.45) is 0 Å². The van der Waals surface area contributed by atoms with Crippen LogP contribution in [0.5, 0.6) is 0 Å². The Balaban J connectivity index is 2.20. The molecule has 0 spiro atoms. The van der Waals surface area contributed by atoms with Crippen LogP contribution in [0.15, 0.2) is 24.3 Å². The number of nitrogens with one attached hydrogen (secondary N) is 1. The first-order chi connectivity index (χ1) is 13.5. The van der Waals surface area contributed by atoms with Crippen molar-refractivity contribution in [1.29, 1.82) is 5.26 Å². The quantitative estimate of drug-likeness (QED) is 0.483. The summed E-state index contributed by atoms with van der Waals surface area (Å²) >= 11 is 0.955. The zero-order valence-corrected chi connectivity index (χ0v) is 16.7. The van der Waals surface area contributed by atoms with Crippen LogP contribution in [0.3, 0.4) is 0 Å². The Morgan fingerprint density at radius 1 is 1.21 bits per heavy atom. The molecular weight excluding hydrogens is 378 g/mol. The monoisotopic (exact) mass is 401 g/mol. The normalized spacial score (nSPS) is 10.2. The molecule has 148 valence electrons. The van der Waals surface area contributed by atoms with E-state index in [1.54, 1.807) is 25.1 Å². The molecule has 0 radical (unpaired) electrons. The van der Waals surface area contributed by atoms with Gasteiger partial charge >= 0.3 is 11.9 Å². The summed E-state index contributed by atoms with van der Waals surface area (Å²) in [5, 5.41) is 12.8. The maximum atomic E-state index is 12.6. The molecule has 1 aromatic heterocycles. The number of esters is 2. The number of hydrogen-bond donors (Lipinski definition) is 2. The number of nitrogens with zero attached hydrogens (tertiary/aromatic N) is 1. The lowest BCUT2D eigenvalue weighted by Gasteiger charge is -2.12. The topological polar surface area (TPSA) is 114 Å². The number of carbonyl (C=O) groups is 2. The number of nitrogens with two attached hydrogens (primary N) is 1. The Bertz CT molecular complexity index is 886. The third-order valence-electron chi connectivity index (χ3n) is 3.95. The third-order valence-corrected chi connectivity index (χ3v) is 4.99. The lowest BCUT2D eigenvalue weighted by Crippen LogP contribution is -2.12. The summed E-state index contributed by atoms with van der Waals surface area (Å²) < 4.78 is 10.4. The highest BCUT2D eigenvalue weighted by Crippen LogP contribution is 2.32. The van der Waals surface area contributed by atoms with Crippen LogP contribution in [0.2, 0.25) is 0 Å². The molecule has 0 unspecified atom stereocenters. The number of para-hydroxylation sites is 1. The Morgan fingerprint density at radius 3 is 2.64 bits per heavy atom. The summed E-state index contributed by atoms with van der Waals surface area (Å²) in [6.07, 6.45) is 2.01. The van der Waals surface area contributed by atoms with Crippen LogP contribution in [0.1, 0.15) is 57.8 Å². The molecule has 0 aliphatic heterocycles. The van der Waals surface area contributed by atoms with Crippen molar-refractivity contribution in [3.05, 3.63) is 45.8 Å². The van der Waals surface area contributed by atoms with Gasteiger partial charge in [-0.05, 0) is 25.5 Å². The minimum atomic E-state index is -0.589. The smallest absolute Gasteiger partial charge is 0.348 e. The molecule has 0 aliphatic rings. The van der Waals surface area contributed by atoms with Gasteiger partial charge in [-0.15, -0.1) is 11.3 Å². The summed E-state index contributed by atoms with van der Waals surface area (Å²) in [6.45, 7) is 4.46. The summed E-state index contributed by atoms with van der Waals surface area (Å²) in [5.74, 6) is -1.14. The summed E-state index contributed by atoms with van der Waals surface area (Å²) in [7, 11) is 0. The number of unbranched alkanes of at least 4 members (excludes halogenated alkanes) is 1. The second-order valence-corrected chi connectivity index (χ2v) is 6.94. The van der Waals surface area contributed by atoms with Gasteiger partial charge in [-0.3, -0.25) is 0 Å². The van der Waals surface area contributed by atoms with Crippen LogP contribution >= 0.6 is 11.3 Å². The zero-order valence-electron chi connectivity index (χ0n) is 15.9. The predicted octanol–water partition coefficient (Wildman–Crippen LogP) is 3.95. The minimum Gasteiger partial charge on any atom is -0.462 e. The van der Waals surface area contributed by atoms with Gasteiger partial charge in [0.05, 0.1) is 17.7 Å². The Hall–Kier alpha value is -3.05.